The molecule has 0 unspecified atom stereocenters. The summed E-state index contributed by atoms with van der Waals surface area (Å²) in [5, 5.41) is 7.71. The summed E-state index contributed by atoms with van der Waals surface area (Å²) < 4.78 is 30.1. The maximum atomic E-state index is 12.7. The number of hydrogen-bond donors (Lipinski definition) is 2. The third-order valence-corrected chi connectivity index (χ3v) is 3.13. The summed E-state index contributed by atoms with van der Waals surface area (Å²) in [5.41, 5.74) is 5.07. The fraction of sp³-hybridized carbons (Fsp3) is 0.211. The molecule has 0 aromatic heterocycles. The van der Waals surface area contributed by atoms with Gasteiger partial charge >= 0.3 is 18.9 Å². The maximum Gasteiger partial charge on any atom is 1.00 e. The summed E-state index contributed by atoms with van der Waals surface area (Å²) in [6, 6.07) is 7.78. The number of nitrogens with two attached hydrogens (primary N) is 1. The van der Waals surface area contributed by atoms with Crippen molar-refractivity contribution in [3.63, 3.8) is 0 Å². The second-order valence-electron chi connectivity index (χ2n) is 4.53. The molecule has 2 rings (SSSR count). The Kier molecular flexibility index (Phi) is 19.4. The minimum absolute atomic E-state index is 0. The zero-order valence-corrected chi connectivity index (χ0v) is 17.8. The Hall–Kier alpha value is -1.60. The van der Waals surface area contributed by atoms with E-state index in [0.717, 1.165) is 13.2 Å². The molecule has 0 atom stereocenters. The van der Waals surface area contributed by atoms with Gasteiger partial charge in [-0.25, -0.2) is 13.6 Å². The predicted molar refractivity (Wildman–Crippen MR) is 109 cm³/mol. The molecule has 0 amide bonds. The molecular weight excluding hydrogens is 402 g/mol. The molecule has 0 spiro atoms. The molecule has 0 aliphatic rings. The predicted octanol–water partition coefficient (Wildman–Crippen LogP) is 3.29. The van der Waals surface area contributed by atoms with Gasteiger partial charge in [0.25, 0.3) is 0 Å². The smallest absolute Gasteiger partial charge is 0.384 e. The number of nitrogens with zero attached hydrogens (tertiary/aromatic N) is 1. The van der Waals surface area contributed by atoms with Crippen molar-refractivity contribution in [2.75, 3.05) is 13.2 Å². The van der Waals surface area contributed by atoms with Crippen molar-refractivity contribution < 1.29 is 32.4 Å². The third kappa shape index (κ3) is 12.7. The molecule has 0 bridgehead atoms. The fourth-order valence-electron chi connectivity index (χ4n) is 1.48. The first kappa shape index (κ1) is 31.1. The van der Waals surface area contributed by atoms with Gasteiger partial charge in [0, 0.05) is 23.3 Å². The molecule has 4 nitrogen and oxygen atoms in total. The van der Waals surface area contributed by atoms with E-state index in [4.69, 9.17) is 45.7 Å². The van der Waals surface area contributed by atoms with Gasteiger partial charge in [0.05, 0.1) is 12.1 Å². The van der Waals surface area contributed by atoms with Crippen LogP contribution in [0.3, 0.4) is 0 Å². The van der Waals surface area contributed by atoms with E-state index < -0.39 is 11.6 Å². The molecule has 2 aromatic carbocycles. The number of halogens is 4. The van der Waals surface area contributed by atoms with Crippen LogP contribution in [0, 0.1) is 31.0 Å². The van der Waals surface area contributed by atoms with Crippen LogP contribution in [0.1, 0.15) is 19.4 Å². The van der Waals surface area contributed by atoms with Crippen LogP contribution in [-0.2, 0) is 4.74 Å². The van der Waals surface area contributed by atoms with Gasteiger partial charge in [0.15, 0.2) is 0 Å². The molecule has 0 saturated heterocycles. The molecule has 148 valence electrons. The van der Waals surface area contributed by atoms with Gasteiger partial charge in [-0.2, -0.15) is 0 Å². The average molecular weight is 424 g/mol. The van der Waals surface area contributed by atoms with Gasteiger partial charge in [0.1, 0.15) is 17.5 Å². The molecule has 0 aliphatic carbocycles. The first-order chi connectivity index (χ1) is 12.3. The molecular formula is C19H22Cl2F2LiN3O. The van der Waals surface area contributed by atoms with E-state index in [9.17, 15) is 8.78 Å². The number of benzene rings is 2. The van der Waals surface area contributed by atoms with Gasteiger partial charge in [-0.05, 0) is 50.2 Å². The Morgan fingerprint density at radius 2 is 1.54 bits per heavy atom. The zero-order valence-electron chi connectivity index (χ0n) is 16.3. The van der Waals surface area contributed by atoms with E-state index in [1.165, 1.54) is 36.4 Å². The van der Waals surface area contributed by atoms with Gasteiger partial charge in [-0.3, -0.25) is 5.41 Å². The third-order valence-electron chi connectivity index (χ3n) is 2.66. The van der Waals surface area contributed by atoms with Crippen LogP contribution in [-0.4, -0.2) is 19.0 Å². The monoisotopic (exact) mass is 423 g/mol. The van der Waals surface area contributed by atoms with Crippen molar-refractivity contribution in [2.45, 2.75) is 13.8 Å². The molecule has 0 saturated carbocycles. The first-order valence-corrected chi connectivity index (χ1v) is 8.22. The number of hydrogen-bond acceptors (Lipinski definition) is 2. The minimum atomic E-state index is -0.528. The maximum absolute atomic E-state index is 12.7. The number of nitrogens with one attached hydrogen (secondary N) is 1. The van der Waals surface area contributed by atoms with Crippen LogP contribution in [0.2, 0.25) is 10.0 Å². The van der Waals surface area contributed by atoms with Crippen molar-refractivity contribution in [1.82, 2.24) is 0 Å². The number of nitrogen functional groups attached to an aromatic ring is 1. The van der Waals surface area contributed by atoms with Crippen LogP contribution >= 0.6 is 23.2 Å². The van der Waals surface area contributed by atoms with Gasteiger partial charge in [0.2, 0.25) is 5.69 Å². The van der Waals surface area contributed by atoms with Gasteiger partial charge < -0.3 is 17.9 Å². The summed E-state index contributed by atoms with van der Waals surface area (Å²) in [4.78, 5) is 2.92. The molecule has 3 N–H and O–H groups in total. The first-order valence-electron chi connectivity index (χ1n) is 7.46. The standard InChI is InChI=1S/C7H6ClFN2.C7H3ClFN.C4H10O.CH3.Li/c8-4-1-2-6(9)5(3-4)7(10)11;1-10-7-4-5(8)2-3-6(7)9;1-3-5-4-2;;/h1-3H,(H3,10,11);2-4H;3-4H2,1-2H3;1H3;/q;;;-1;+1. The molecule has 0 fully saturated rings. The fourth-order valence-corrected chi connectivity index (χ4v) is 1.82. The van der Waals surface area contributed by atoms with Crippen molar-refractivity contribution in [1.29, 1.82) is 5.41 Å². The van der Waals surface area contributed by atoms with E-state index in [1.807, 2.05) is 13.8 Å². The average Bonchev–Trinajstić information content (AvgIpc) is 2.61. The second-order valence-corrected chi connectivity index (χ2v) is 5.40. The van der Waals surface area contributed by atoms with Crippen molar-refractivity contribution in [3.05, 3.63) is 82.5 Å². The minimum Gasteiger partial charge on any atom is -0.384 e. The quantitative estimate of drug-likeness (QED) is 0.344. The zero-order chi connectivity index (χ0) is 20.1. The van der Waals surface area contributed by atoms with Crippen molar-refractivity contribution in [3.8, 4) is 0 Å². The number of amidine groups is 1. The Morgan fingerprint density at radius 3 is 1.86 bits per heavy atom. The van der Waals surface area contributed by atoms with E-state index in [1.54, 1.807) is 0 Å². The van der Waals surface area contributed by atoms with E-state index in [2.05, 4.69) is 4.85 Å². The van der Waals surface area contributed by atoms with Crippen LogP contribution in [0.5, 0.6) is 0 Å². The summed E-state index contributed by atoms with van der Waals surface area (Å²) in [6.45, 7) is 12.2. The summed E-state index contributed by atoms with van der Waals surface area (Å²) in [6.07, 6.45) is 0. The van der Waals surface area contributed by atoms with E-state index in [-0.39, 0.29) is 43.4 Å². The van der Waals surface area contributed by atoms with Crippen LogP contribution in [0.15, 0.2) is 36.4 Å². The molecule has 0 heterocycles. The Balaban J connectivity index is -0.000000344. The molecule has 9 heteroatoms. The second kappa shape index (κ2) is 17.5. The largest absolute Gasteiger partial charge is 1.00 e. The normalized spacial score (nSPS) is 8.46. The van der Waals surface area contributed by atoms with E-state index >= 15 is 0 Å². The van der Waals surface area contributed by atoms with Crippen LogP contribution < -0.4 is 24.6 Å². The molecule has 0 aliphatic heterocycles. The van der Waals surface area contributed by atoms with Crippen LogP contribution in [0.25, 0.3) is 4.85 Å². The molecule has 28 heavy (non-hydrogen) atoms. The Labute approximate surface area is 187 Å². The Bertz CT molecular complexity index is 769. The summed E-state index contributed by atoms with van der Waals surface area (Å²) >= 11 is 11.0. The molecule has 0 radical (unpaired) electrons. The SMILES string of the molecule is CCOCC.N=C(N)c1cc(Cl)ccc1F.[C-]#[N+]c1cc(Cl)ccc1F.[CH3-].[Li+]. The van der Waals surface area contributed by atoms with Gasteiger partial charge in [-0.1, -0.05) is 23.2 Å². The van der Waals surface area contributed by atoms with E-state index in [0.29, 0.717) is 10.0 Å². The topological polar surface area (TPSA) is 63.5 Å². The summed E-state index contributed by atoms with van der Waals surface area (Å²) in [7, 11) is 0. The molecule has 2 aromatic rings. The summed E-state index contributed by atoms with van der Waals surface area (Å²) in [5.74, 6) is -1.37. The van der Waals surface area contributed by atoms with Crippen LogP contribution in [0.4, 0.5) is 14.5 Å². The Morgan fingerprint density at radius 1 is 1.07 bits per heavy atom. The van der Waals surface area contributed by atoms with Crippen molar-refractivity contribution >= 4 is 34.7 Å². The van der Waals surface area contributed by atoms with Crippen molar-refractivity contribution in [2.24, 2.45) is 5.73 Å². The van der Waals surface area contributed by atoms with Gasteiger partial charge in [-0.15, -0.1) is 0 Å². The number of ether oxygens (including phenoxy) is 1. The number of rotatable bonds is 3.